The van der Waals surface area contributed by atoms with Crippen LogP contribution in [0, 0.1) is 12.8 Å². The lowest BCUT2D eigenvalue weighted by molar-refractivity contribution is 0.118. The van der Waals surface area contributed by atoms with Gasteiger partial charge >= 0.3 is 0 Å². The maximum atomic E-state index is 9.26. The van der Waals surface area contributed by atoms with Gasteiger partial charge < -0.3 is 9.84 Å². The Morgan fingerprint density at radius 2 is 1.71 bits per heavy atom. The maximum absolute atomic E-state index is 9.26. The molecule has 2 aromatic carbocycles. The van der Waals surface area contributed by atoms with Crippen LogP contribution in [0.5, 0.6) is 5.75 Å². The standard InChI is InChI=1S/C26H29ClN2O2/c1-19-16-22(25-8-4-23(17-28-25)21-2-6-24(27)7-3-21)5-9-26(19)31-15-14-29-12-10-20(18-30)11-13-29/h2-9,16-17,20,30H,10-15,18H2,1H3. The van der Waals surface area contributed by atoms with Crippen LogP contribution in [0.4, 0.5) is 0 Å². The van der Waals surface area contributed by atoms with Crippen LogP contribution in [0.2, 0.25) is 5.02 Å². The average molecular weight is 437 g/mol. The van der Waals surface area contributed by atoms with Crippen molar-refractivity contribution in [1.29, 1.82) is 0 Å². The molecule has 1 N–H and O–H groups in total. The van der Waals surface area contributed by atoms with Gasteiger partial charge in [-0.25, -0.2) is 0 Å². The highest BCUT2D eigenvalue weighted by molar-refractivity contribution is 6.30. The molecule has 0 aliphatic carbocycles. The van der Waals surface area contributed by atoms with E-state index in [0.717, 1.165) is 71.2 Å². The number of aromatic nitrogens is 1. The molecule has 2 heterocycles. The summed E-state index contributed by atoms with van der Waals surface area (Å²) in [6.45, 7) is 6.09. The number of aliphatic hydroxyl groups is 1. The van der Waals surface area contributed by atoms with Gasteiger partial charge in [-0.1, -0.05) is 29.8 Å². The van der Waals surface area contributed by atoms with Crippen LogP contribution >= 0.6 is 11.6 Å². The number of pyridine rings is 1. The van der Waals surface area contributed by atoms with Crippen molar-refractivity contribution in [2.75, 3.05) is 32.8 Å². The highest BCUT2D eigenvalue weighted by Crippen LogP contribution is 2.27. The largest absolute Gasteiger partial charge is 0.492 e. The van der Waals surface area contributed by atoms with Gasteiger partial charge in [0.1, 0.15) is 12.4 Å². The van der Waals surface area contributed by atoms with E-state index >= 15 is 0 Å². The molecule has 1 saturated heterocycles. The minimum Gasteiger partial charge on any atom is -0.492 e. The first kappa shape index (κ1) is 21.8. The van der Waals surface area contributed by atoms with E-state index in [4.69, 9.17) is 16.3 Å². The molecule has 0 radical (unpaired) electrons. The Morgan fingerprint density at radius 3 is 2.35 bits per heavy atom. The molecule has 1 aliphatic rings. The number of ether oxygens (including phenoxy) is 1. The summed E-state index contributed by atoms with van der Waals surface area (Å²) >= 11 is 5.98. The maximum Gasteiger partial charge on any atom is 0.122 e. The molecule has 4 nitrogen and oxygen atoms in total. The van der Waals surface area contributed by atoms with Gasteiger partial charge in [0, 0.05) is 35.5 Å². The van der Waals surface area contributed by atoms with E-state index in [1.807, 2.05) is 36.5 Å². The Labute approximate surface area is 189 Å². The number of piperidine rings is 1. The Hall–Kier alpha value is -2.40. The van der Waals surface area contributed by atoms with E-state index in [-0.39, 0.29) is 0 Å². The number of halogens is 1. The summed E-state index contributed by atoms with van der Waals surface area (Å²) in [5.41, 5.74) is 5.31. The molecule has 3 aromatic rings. The number of nitrogens with zero attached hydrogens (tertiary/aromatic N) is 2. The fourth-order valence-corrected chi connectivity index (χ4v) is 4.15. The SMILES string of the molecule is Cc1cc(-c2ccc(-c3ccc(Cl)cc3)cn2)ccc1OCCN1CCC(CO)CC1. The van der Waals surface area contributed by atoms with Gasteiger partial charge in [-0.3, -0.25) is 9.88 Å². The minimum absolute atomic E-state index is 0.314. The first-order chi connectivity index (χ1) is 15.1. The fourth-order valence-electron chi connectivity index (χ4n) is 4.03. The lowest BCUT2D eigenvalue weighted by Crippen LogP contribution is -2.37. The van der Waals surface area contributed by atoms with Crippen LogP contribution in [0.1, 0.15) is 18.4 Å². The average Bonchev–Trinajstić information content (AvgIpc) is 2.81. The molecule has 0 bridgehead atoms. The quantitative estimate of drug-likeness (QED) is 0.534. The van der Waals surface area contributed by atoms with Crippen LogP contribution in [-0.2, 0) is 0 Å². The van der Waals surface area contributed by atoms with Crippen LogP contribution in [0.3, 0.4) is 0 Å². The smallest absolute Gasteiger partial charge is 0.122 e. The van der Waals surface area contributed by atoms with Crippen molar-refractivity contribution < 1.29 is 9.84 Å². The van der Waals surface area contributed by atoms with Crippen LogP contribution in [-0.4, -0.2) is 47.8 Å². The summed E-state index contributed by atoms with van der Waals surface area (Å²) in [5.74, 6) is 1.40. The summed E-state index contributed by atoms with van der Waals surface area (Å²) in [7, 11) is 0. The fraction of sp³-hybridized carbons (Fsp3) is 0.346. The zero-order valence-corrected chi connectivity index (χ0v) is 18.7. The van der Waals surface area contributed by atoms with Gasteiger partial charge in [0.05, 0.1) is 5.69 Å². The van der Waals surface area contributed by atoms with Crippen molar-refractivity contribution in [3.8, 4) is 28.1 Å². The number of hydrogen-bond acceptors (Lipinski definition) is 4. The molecule has 0 spiro atoms. The molecule has 0 amide bonds. The molecule has 0 unspecified atom stereocenters. The van der Waals surface area contributed by atoms with Gasteiger partial charge in [-0.2, -0.15) is 0 Å². The van der Waals surface area contributed by atoms with Gasteiger partial charge in [0.25, 0.3) is 0 Å². The second kappa shape index (κ2) is 10.3. The molecule has 1 aliphatic heterocycles. The normalized spacial score (nSPS) is 15.2. The van der Waals surface area contributed by atoms with Crippen molar-refractivity contribution in [1.82, 2.24) is 9.88 Å². The molecule has 1 fully saturated rings. The van der Waals surface area contributed by atoms with Crippen molar-refractivity contribution in [2.45, 2.75) is 19.8 Å². The number of benzene rings is 2. The number of likely N-dealkylation sites (tertiary alicyclic amines) is 1. The molecule has 1 aromatic heterocycles. The zero-order chi connectivity index (χ0) is 21.6. The van der Waals surface area contributed by atoms with Gasteiger partial charge in [-0.15, -0.1) is 0 Å². The molecule has 31 heavy (non-hydrogen) atoms. The highest BCUT2D eigenvalue weighted by atomic mass is 35.5. The third kappa shape index (κ3) is 5.65. The van der Waals surface area contributed by atoms with Crippen molar-refractivity contribution in [2.24, 2.45) is 5.92 Å². The second-order valence-electron chi connectivity index (χ2n) is 8.24. The lowest BCUT2D eigenvalue weighted by atomic mass is 9.98. The molecule has 5 heteroatoms. The first-order valence-corrected chi connectivity index (χ1v) is 11.3. The molecule has 4 rings (SSSR count). The summed E-state index contributed by atoms with van der Waals surface area (Å²) < 4.78 is 6.05. The van der Waals surface area contributed by atoms with Crippen LogP contribution < -0.4 is 4.74 Å². The van der Waals surface area contributed by atoms with E-state index < -0.39 is 0 Å². The lowest BCUT2D eigenvalue weighted by Gasteiger charge is -2.30. The van der Waals surface area contributed by atoms with E-state index in [1.54, 1.807) is 0 Å². The topological polar surface area (TPSA) is 45.6 Å². The minimum atomic E-state index is 0.314. The Balaban J connectivity index is 1.34. The van der Waals surface area contributed by atoms with E-state index in [0.29, 0.717) is 19.1 Å². The van der Waals surface area contributed by atoms with E-state index in [1.165, 1.54) is 0 Å². The van der Waals surface area contributed by atoms with Crippen LogP contribution in [0.25, 0.3) is 22.4 Å². The van der Waals surface area contributed by atoms with Gasteiger partial charge in [0.2, 0.25) is 0 Å². The monoisotopic (exact) mass is 436 g/mol. The number of rotatable bonds is 7. The third-order valence-corrected chi connectivity index (χ3v) is 6.29. The molecule has 162 valence electrons. The predicted molar refractivity (Wildman–Crippen MR) is 127 cm³/mol. The summed E-state index contributed by atoms with van der Waals surface area (Å²) in [6, 6.07) is 18.2. The van der Waals surface area contributed by atoms with E-state index in [9.17, 15) is 5.11 Å². The Bertz CT molecular complexity index is 981. The van der Waals surface area contributed by atoms with Crippen molar-refractivity contribution >= 4 is 11.6 Å². The molecular weight excluding hydrogens is 408 g/mol. The predicted octanol–water partition coefficient (Wildman–Crippen LogP) is 5.46. The molecular formula is C26H29ClN2O2. The van der Waals surface area contributed by atoms with Gasteiger partial charge in [0.15, 0.2) is 0 Å². The number of aryl methyl sites for hydroxylation is 1. The zero-order valence-electron chi connectivity index (χ0n) is 17.9. The van der Waals surface area contributed by atoms with E-state index in [2.05, 4.69) is 41.1 Å². The summed E-state index contributed by atoms with van der Waals surface area (Å²) in [4.78, 5) is 7.08. The van der Waals surface area contributed by atoms with Crippen molar-refractivity contribution in [3.05, 3.63) is 71.4 Å². The first-order valence-electron chi connectivity index (χ1n) is 10.9. The molecule has 0 saturated carbocycles. The van der Waals surface area contributed by atoms with Crippen molar-refractivity contribution in [3.63, 3.8) is 0 Å². The number of aliphatic hydroxyl groups excluding tert-OH is 1. The van der Waals surface area contributed by atoms with Gasteiger partial charge in [-0.05, 0) is 86.3 Å². The number of hydrogen-bond donors (Lipinski definition) is 1. The third-order valence-electron chi connectivity index (χ3n) is 6.04. The van der Waals surface area contributed by atoms with Crippen LogP contribution in [0.15, 0.2) is 60.8 Å². The molecule has 0 atom stereocenters. The Morgan fingerprint density at radius 1 is 1.00 bits per heavy atom. The Kier molecular flexibility index (Phi) is 7.23. The summed E-state index contributed by atoms with van der Waals surface area (Å²) in [6.07, 6.45) is 4.06. The highest BCUT2D eigenvalue weighted by Gasteiger charge is 2.18. The summed E-state index contributed by atoms with van der Waals surface area (Å²) in [5, 5.41) is 9.99. The second-order valence-corrected chi connectivity index (χ2v) is 8.67.